The summed E-state index contributed by atoms with van der Waals surface area (Å²) in [5.41, 5.74) is 0. The van der Waals surface area contributed by atoms with E-state index in [1.165, 1.54) is 0 Å². The molecule has 0 spiro atoms. The average Bonchev–Trinajstić information content (AvgIpc) is 2.51. The number of rotatable bonds is 3. The summed E-state index contributed by atoms with van der Waals surface area (Å²) in [5, 5.41) is 6.42. The molecular weight excluding hydrogens is 164 g/mol. The fraction of sp³-hybridized carbons (Fsp3) is 0.900. The van der Waals surface area contributed by atoms with Gasteiger partial charge in [0.05, 0.1) is 0 Å². The molecule has 2 aliphatic rings. The van der Waals surface area contributed by atoms with Crippen LogP contribution in [0.4, 0.5) is 0 Å². The molecular formula is C10H18N2O. The Bertz CT molecular complexity index is 205. The summed E-state index contributed by atoms with van der Waals surface area (Å²) in [6.07, 6.45) is 0.670. The Labute approximate surface area is 79.3 Å². The van der Waals surface area contributed by atoms with Gasteiger partial charge in [0.1, 0.15) is 0 Å². The van der Waals surface area contributed by atoms with Crippen molar-refractivity contribution in [3.63, 3.8) is 0 Å². The van der Waals surface area contributed by atoms with Crippen LogP contribution in [0.2, 0.25) is 0 Å². The summed E-state index contributed by atoms with van der Waals surface area (Å²) in [6.45, 7) is 6.35. The van der Waals surface area contributed by atoms with Crippen molar-refractivity contribution in [2.24, 2.45) is 17.8 Å². The zero-order chi connectivity index (χ0) is 9.42. The van der Waals surface area contributed by atoms with E-state index in [1.54, 1.807) is 0 Å². The molecule has 0 bridgehead atoms. The van der Waals surface area contributed by atoms with Gasteiger partial charge in [-0.05, 0) is 17.8 Å². The first-order valence-corrected chi connectivity index (χ1v) is 5.18. The van der Waals surface area contributed by atoms with Crippen LogP contribution in [0.3, 0.4) is 0 Å². The third kappa shape index (κ3) is 1.85. The van der Waals surface area contributed by atoms with E-state index in [-0.39, 0.29) is 5.91 Å². The molecule has 3 heteroatoms. The van der Waals surface area contributed by atoms with Crippen molar-refractivity contribution < 1.29 is 4.79 Å². The molecule has 0 aromatic rings. The number of carbonyl (C=O) groups is 1. The summed E-state index contributed by atoms with van der Waals surface area (Å²) in [4.78, 5) is 11.4. The number of hydrogen-bond donors (Lipinski definition) is 2. The number of amides is 1. The Hall–Kier alpha value is -0.570. The Kier molecular flexibility index (Phi) is 2.28. The van der Waals surface area contributed by atoms with Crippen molar-refractivity contribution in [3.8, 4) is 0 Å². The molecule has 0 aromatic carbocycles. The lowest BCUT2D eigenvalue weighted by Crippen LogP contribution is -2.32. The highest BCUT2D eigenvalue weighted by atomic mass is 16.1. The number of fused-ring (bicyclic) bond motifs is 1. The molecule has 1 aliphatic carbocycles. The van der Waals surface area contributed by atoms with Crippen LogP contribution in [0.15, 0.2) is 0 Å². The van der Waals surface area contributed by atoms with Gasteiger partial charge in [0.25, 0.3) is 0 Å². The maximum atomic E-state index is 11.4. The number of nitrogens with one attached hydrogen (secondary N) is 2. The minimum Gasteiger partial charge on any atom is -0.353 e. The van der Waals surface area contributed by atoms with Gasteiger partial charge in [-0.2, -0.15) is 0 Å². The van der Waals surface area contributed by atoms with Gasteiger partial charge in [-0.15, -0.1) is 0 Å². The summed E-state index contributed by atoms with van der Waals surface area (Å²) in [5.74, 6) is 2.17. The van der Waals surface area contributed by atoms with E-state index in [0.717, 1.165) is 24.9 Å². The second kappa shape index (κ2) is 3.29. The van der Waals surface area contributed by atoms with E-state index >= 15 is 0 Å². The lowest BCUT2D eigenvalue weighted by atomic mass is 10.1. The largest absolute Gasteiger partial charge is 0.353 e. The van der Waals surface area contributed by atoms with Crippen LogP contribution in [0.25, 0.3) is 0 Å². The molecule has 1 saturated carbocycles. The van der Waals surface area contributed by atoms with Crippen LogP contribution in [-0.4, -0.2) is 25.0 Å². The fourth-order valence-electron chi connectivity index (χ4n) is 2.25. The molecule has 13 heavy (non-hydrogen) atoms. The summed E-state index contributed by atoms with van der Waals surface area (Å²) in [7, 11) is 0. The van der Waals surface area contributed by atoms with Crippen LogP contribution in [0, 0.1) is 17.8 Å². The van der Waals surface area contributed by atoms with Crippen LogP contribution in [-0.2, 0) is 4.79 Å². The summed E-state index contributed by atoms with van der Waals surface area (Å²) < 4.78 is 0. The Morgan fingerprint density at radius 3 is 2.62 bits per heavy atom. The summed E-state index contributed by atoms with van der Waals surface area (Å²) >= 11 is 0. The molecule has 2 fully saturated rings. The van der Waals surface area contributed by atoms with Crippen LogP contribution in [0.5, 0.6) is 0 Å². The normalized spacial score (nSPS) is 36.1. The SMILES string of the molecule is CC(C)CC(=O)NC1C2CNC[C@H]21. The third-order valence-electron chi connectivity index (χ3n) is 3.01. The van der Waals surface area contributed by atoms with E-state index in [9.17, 15) is 4.79 Å². The van der Waals surface area contributed by atoms with E-state index < -0.39 is 0 Å². The Balaban J connectivity index is 1.71. The molecule has 2 N–H and O–H groups in total. The standard InChI is InChI=1S/C10H18N2O/c1-6(2)3-9(13)12-10-7-4-11-5-8(7)10/h6-8,10-11H,3-5H2,1-2H3,(H,12,13)/t7-,8?,10?/m1/s1. The van der Waals surface area contributed by atoms with Gasteiger partial charge >= 0.3 is 0 Å². The van der Waals surface area contributed by atoms with E-state index in [4.69, 9.17) is 0 Å². The van der Waals surface area contributed by atoms with Gasteiger partial charge in [0.15, 0.2) is 0 Å². The molecule has 0 aromatic heterocycles. The monoisotopic (exact) mass is 182 g/mol. The highest BCUT2D eigenvalue weighted by Crippen LogP contribution is 2.41. The van der Waals surface area contributed by atoms with Crippen LogP contribution >= 0.6 is 0 Å². The average molecular weight is 182 g/mol. The van der Waals surface area contributed by atoms with Crippen molar-refractivity contribution in [2.75, 3.05) is 13.1 Å². The Morgan fingerprint density at radius 1 is 1.46 bits per heavy atom. The third-order valence-corrected chi connectivity index (χ3v) is 3.01. The maximum absolute atomic E-state index is 11.4. The zero-order valence-corrected chi connectivity index (χ0v) is 8.34. The molecule has 1 saturated heterocycles. The molecule has 1 aliphatic heterocycles. The maximum Gasteiger partial charge on any atom is 0.220 e. The molecule has 74 valence electrons. The quantitative estimate of drug-likeness (QED) is 0.662. The van der Waals surface area contributed by atoms with Crippen LogP contribution < -0.4 is 10.6 Å². The zero-order valence-electron chi connectivity index (χ0n) is 8.34. The first-order chi connectivity index (χ1) is 6.18. The van der Waals surface area contributed by atoms with Crippen molar-refractivity contribution in [3.05, 3.63) is 0 Å². The lowest BCUT2D eigenvalue weighted by molar-refractivity contribution is -0.122. The van der Waals surface area contributed by atoms with Crippen molar-refractivity contribution >= 4 is 5.91 Å². The van der Waals surface area contributed by atoms with E-state index in [0.29, 0.717) is 18.4 Å². The predicted octanol–water partition coefficient (Wildman–Crippen LogP) is 0.366. The van der Waals surface area contributed by atoms with Crippen molar-refractivity contribution in [1.29, 1.82) is 0 Å². The molecule has 3 nitrogen and oxygen atoms in total. The van der Waals surface area contributed by atoms with Gasteiger partial charge in [0, 0.05) is 25.6 Å². The molecule has 2 unspecified atom stereocenters. The van der Waals surface area contributed by atoms with Gasteiger partial charge < -0.3 is 10.6 Å². The molecule has 0 radical (unpaired) electrons. The van der Waals surface area contributed by atoms with Gasteiger partial charge in [-0.1, -0.05) is 13.8 Å². The first kappa shape index (κ1) is 9.00. The smallest absolute Gasteiger partial charge is 0.220 e. The summed E-state index contributed by atoms with van der Waals surface area (Å²) in [6, 6.07) is 0.493. The minimum atomic E-state index is 0.231. The number of carbonyl (C=O) groups excluding carboxylic acids is 1. The minimum absolute atomic E-state index is 0.231. The van der Waals surface area contributed by atoms with Gasteiger partial charge in [-0.3, -0.25) is 4.79 Å². The van der Waals surface area contributed by atoms with Gasteiger partial charge in [0.2, 0.25) is 5.91 Å². The second-order valence-corrected chi connectivity index (χ2v) is 4.68. The van der Waals surface area contributed by atoms with E-state index in [2.05, 4.69) is 24.5 Å². The van der Waals surface area contributed by atoms with Crippen LogP contribution in [0.1, 0.15) is 20.3 Å². The highest BCUT2D eigenvalue weighted by Gasteiger charge is 2.53. The first-order valence-electron chi connectivity index (χ1n) is 5.18. The highest BCUT2D eigenvalue weighted by molar-refractivity contribution is 5.77. The van der Waals surface area contributed by atoms with E-state index in [1.807, 2.05) is 0 Å². The number of piperidine rings is 1. The topological polar surface area (TPSA) is 41.1 Å². The van der Waals surface area contributed by atoms with Crippen molar-refractivity contribution in [1.82, 2.24) is 10.6 Å². The molecule has 2 rings (SSSR count). The second-order valence-electron chi connectivity index (χ2n) is 4.68. The van der Waals surface area contributed by atoms with Crippen molar-refractivity contribution in [2.45, 2.75) is 26.3 Å². The Morgan fingerprint density at radius 2 is 2.08 bits per heavy atom. The van der Waals surface area contributed by atoms with Gasteiger partial charge in [-0.25, -0.2) is 0 Å². The molecule has 1 heterocycles. The molecule has 1 amide bonds. The predicted molar refractivity (Wildman–Crippen MR) is 51.2 cm³/mol. The lowest BCUT2D eigenvalue weighted by Gasteiger charge is -2.08. The molecule has 3 atom stereocenters. The number of hydrogen-bond acceptors (Lipinski definition) is 2. The fourth-order valence-corrected chi connectivity index (χ4v) is 2.25.